The molecule has 1 atom stereocenters. The van der Waals surface area contributed by atoms with Gasteiger partial charge in [0.1, 0.15) is 12.4 Å². The third-order valence-electron chi connectivity index (χ3n) is 3.67. The lowest BCUT2D eigenvalue weighted by atomic mass is 10.0. The molecule has 2 N–H and O–H groups in total. The first-order valence-corrected chi connectivity index (χ1v) is 7.51. The molecule has 0 aromatic carbocycles. The second kappa shape index (κ2) is 7.33. The predicted octanol–water partition coefficient (Wildman–Crippen LogP) is 1.50. The molecule has 1 unspecified atom stereocenters. The van der Waals surface area contributed by atoms with E-state index in [-0.39, 0.29) is 0 Å². The van der Waals surface area contributed by atoms with Crippen molar-refractivity contribution in [1.29, 1.82) is 0 Å². The molecule has 7 heteroatoms. The molecule has 0 amide bonds. The number of methoxy groups -OCH3 is 1. The van der Waals surface area contributed by atoms with E-state index in [1.807, 2.05) is 12.3 Å². The van der Waals surface area contributed by atoms with E-state index in [1.54, 1.807) is 13.4 Å². The Morgan fingerprint density at radius 3 is 3.14 bits per heavy atom. The van der Waals surface area contributed by atoms with E-state index in [4.69, 9.17) is 9.47 Å². The minimum absolute atomic E-state index is 0.353. The van der Waals surface area contributed by atoms with E-state index in [2.05, 4.69) is 25.3 Å². The molecule has 2 aromatic rings. The molecule has 1 aliphatic rings. The van der Waals surface area contributed by atoms with E-state index < -0.39 is 0 Å². The van der Waals surface area contributed by atoms with Crippen LogP contribution in [0.4, 0.5) is 5.82 Å². The molecule has 0 radical (unpaired) electrons. The molecular formula is C15H21N5O2. The highest BCUT2D eigenvalue weighted by molar-refractivity contribution is 5.37. The van der Waals surface area contributed by atoms with Crippen LogP contribution in [0.25, 0.3) is 0 Å². The lowest BCUT2D eigenvalue weighted by Crippen LogP contribution is -2.12. The summed E-state index contributed by atoms with van der Waals surface area (Å²) in [6.07, 6.45) is 5.40. The number of H-pyrrole nitrogens is 1. The lowest BCUT2D eigenvalue weighted by Gasteiger charge is -2.12. The molecule has 3 heterocycles. The number of aromatic amines is 1. The van der Waals surface area contributed by atoms with Gasteiger partial charge >= 0.3 is 0 Å². The molecular weight excluding hydrogens is 282 g/mol. The fourth-order valence-electron chi connectivity index (χ4n) is 2.53. The van der Waals surface area contributed by atoms with E-state index in [9.17, 15) is 0 Å². The monoisotopic (exact) mass is 303 g/mol. The molecule has 0 aliphatic carbocycles. The molecule has 22 heavy (non-hydrogen) atoms. The Balaban J connectivity index is 1.68. The zero-order valence-corrected chi connectivity index (χ0v) is 12.7. The van der Waals surface area contributed by atoms with Crippen LogP contribution in [0.5, 0.6) is 0 Å². The van der Waals surface area contributed by atoms with Gasteiger partial charge in [-0.05, 0) is 6.42 Å². The number of aromatic nitrogens is 4. The summed E-state index contributed by atoms with van der Waals surface area (Å²) >= 11 is 0. The highest BCUT2D eigenvalue weighted by Crippen LogP contribution is 2.25. The van der Waals surface area contributed by atoms with Crippen molar-refractivity contribution in [3.8, 4) is 0 Å². The first kappa shape index (κ1) is 14.9. The Hall–Kier alpha value is -1.99. The SMILES string of the molecule is COCc1nc(NCCc2cnc[nH]2)cc(C2CCOC2)n1. The van der Waals surface area contributed by atoms with Gasteiger partial charge in [-0.3, -0.25) is 0 Å². The van der Waals surface area contributed by atoms with Crippen molar-refractivity contribution >= 4 is 5.82 Å². The van der Waals surface area contributed by atoms with Gasteiger partial charge in [-0.1, -0.05) is 0 Å². The summed E-state index contributed by atoms with van der Waals surface area (Å²) in [7, 11) is 1.65. The maximum atomic E-state index is 5.46. The maximum absolute atomic E-state index is 5.46. The van der Waals surface area contributed by atoms with Crippen LogP contribution in [0.1, 0.15) is 29.6 Å². The fraction of sp³-hybridized carbons (Fsp3) is 0.533. The summed E-state index contributed by atoms with van der Waals surface area (Å²) in [5.41, 5.74) is 2.13. The summed E-state index contributed by atoms with van der Waals surface area (Å²) in [5, 5.41) is 3.35. The molecule has 1 saturated heterocycles. The van der Waals surface area contributed by atoms with Gasteiger partial charge < -0.3 is 19.8 Å². The van der Waals surface area contributed by atoms with Crippen molar-refractivity contribution in [2.24, 2.45) is 0 Å². The van der Waals surface area contributed by atoms with Gasteiger partial charge in [0.05, 0.1) is 18.6 Å². The van der Waals surface area contributed by atoms with Crippen LogP contribution in [0.2, 0.25) is 0 Å². The number of imidazole rings is 1. The Morgan fingerprint density at radius 2 is 2.41 bits per heavy atom. The summed E-state index contributed by atoms with van der Waals surface area (Å²) in [6, 6.07) is 2.02. The van der Waals surface area contributed by atoms with E-state index in [0.717, 1.165) is 49.8 Å². The van der Waals surface area contributed by atoms with Crippen LogP contribution >= 0.6 is 0 Å². The number of nitrogens with zero attached hydrogens (tertiary/aromatic N) is 3. The Labute approximate surface area is 129 Å². The Kier molecular flexibility index (Phi) is 4.97. The van der Waals surface area contributed by atoms with Crippen molar-refractivity contribution in [1.82, 2.24) is 19.9 Å². The minimum Gasteiger partial charge on any atom is -0.381 e. The largest absolute Gasteiger partial charge is 0.381 e. The second-order valence-electron chi connectivity index (χ2n) is 5.34. The summed E-state index contributed by atoms with van der Waals surface area (Å²) in [6.45, 7) is 2.73. The molecule has 0 spiro atoms. The van der Waals surface area contributed by atoms with Crippen LogP contribution < -0.4 is 5.32 Å². The quantitative estimate of drug-likeness (QED) is 0.806. The van der Waals surface area contributed by atoms with E-state index >= 15 is 0 Å². The van der Waals surface area contributed by atoms with Gasteiger partial charge in [0.25, 0.3) is 0 Å². The van der Waals surface area contributed by atoms with Gasteiger partial charge in [0.15, 0.2) is 5.82 Å². The first-order chi connectivity index (χ1) is 10.8. The molecule has 3 rings (SSSR count). The molecule has 2 aromatic heterocycles. The number of rotatable bonds is 7. The topological polar surface area (TPSA) is 85.0 Å². The van der Waals surface area contributed by atoms with Crippen LogP contribution in [0.15, 0.2) is 18.6 Å². The van der Waals surface area contributed by atoms with Crippen molar-refractivity contribution in [2.45, 2.75) is 25.4 Å². The Morgan fingerprint density at radius 1 is 1.45 bits per heavy atom. The third kappa shape index (κ3) is 3.80. The van der Waals surface area contributed by atoms with Gasteiger partial charge in [-0.25, -0.2) is 15.0 Å². The van der Waals surface area contributed by atoms with Gasteiger partial charge in [-0.2, -0.15) is 0 Å². The molecule has 1 fully saturated rings. The predicted molar refractivity (Wildman–Crippen MR) is 81.7 cm³/mol. The van der Waals surface area contributed by atoms with Gasteiger partial charge in [0.2, 0.25) is 0 Å². The minimum atomic E-state index is 0.353. The van der Waals surface area contributed by atoms with E-state index in [0.29, 0.717) is 18.3 Å². The third-order valence-corrected chi connectivity index (χ3v) is 3.67. The van der Waals surface area contributed by atoms with Gasteiger partial charge in [-0.15, -0.1) is 0 Å². The van der Waals surface area contributed by atoms with Crippen LogP contribution in [-0.4, -0.2) is 46.8 Å². The van der Waals surface area contributed by atoms with Crippen molar-refractivity contribution in [3.05, 3.63) is 35.8 Å². The maximum Gasteiger partial charge on any atom is 0.156 e. The standard InChI is InChI=1S/C15H21N5O2/c1-21-9-15-19-13(11-3-5-22-8-11)6-14(20-15)17-4-2-12-7-16-10-18-12/h6-7,10-11H,2-5,8-9H2,1H3,(H,16,18)(H,17,19,20). The summed E-state index contributed by atoms with van der Waals surface area (Å²) in [4.78, 5) is 16.2. The normalized spacial score (nSPS) is 17.8. The average Bonchev–Trinajstić information content (AvgIpc) is 3.21. The number of nitrogens with one attached hydrogen (secondary N) is 2. The molecule has 1 aliphatic heterocycles. The number of anilines is 1. The van der Waals surface area contributed by atoms with E-state index in [1.165, 1.54) is 0 Å². The van der Waals surface area contributed by atoms with Crippen molar-refractivity contribution in [3.63, 3.8) is 0 Å². The second-order valence-corrected chi connectivity index (χ2v) is 5.34. The highest BCUT2D eigenvalue weighted by atomic mass is 16.5. The zero-order chi connectivity index (χ0) is 15.2. The fourth-order valence-corrected chi connectivity index (χ4v) is 2.53. The summed E-state index contributed by atoms with van der Waals surface area (Å²) in [5.74, 6) is 1.89. The number of ether oxygens (including phenoxy) is 2. The lowest BCUT2D eigenvalue weighted by molar-refractivity contribution is 0.177. The smallest absolute Gasteiger partial charge is 0.156 e. The summed E-state index contributed by atoms with van der Waals surface area (Å²) < 4.78 is 10.6. The molecule has 0 saturated carbocycles. The van der Waals surface area contributed by atoms with Crippen LogP contribution in [0, 0.1) is 0 Å². The zero-order valence-electron chi connectivity index (χ0n) is 12.7. The molecule has 0 bridgehead atoms. The van der Waals surface area contributed by atoms with Crippen molar-refractivity contribution in [2.75, 3.05) is 32.2 Å². The Bertz CT molecular complexity index is 582. The molecule has 7 nitrogen and oxygen atoms in total. The number of hydrogen-bond donors (Lipinski definition) is 2. The van der Waals surface area contributed by atoms with Crippen molar-refractivity contribution < 1.29 is 9.47 Å². The van der Waals surface area contributed by atoms with Crippen LogP contribution in [-0.2, 0) is 22.5 Å². The molecule has 118 valence electrons. The first-order valence-electron chi connectivity index (χ1n) is 7.51. The number of hydrogen-bond acceptors (Lipinski definition) is 6. The highest BCUT2D eigenvalue weighted by Gasteiger charge is 2.20. The average molecular weight is 303 g/mol. The van der Waals surface area contributed by atoms with Gasteiger partial charge in [0, 0.05) is 50.6 Å². The van der Waals surface area contributed by atoms with Crippen LogP contribution in [0.3, 0.4) is 0 Å².